The van der Waals surface area contributed by atoms with Crippen LogP contribution < -0.4 is 4.74 Å². The lowest BCUT2D eigenvalue weighted by Crippen LogP contribution is -2.08. The molecule has 0 spiro atoms. The van der Waals surface area contributed by atoms with Crippen molar-refractivity contribution in [3.63, 3.8) is 0 Å². The van der Waals surface area contributed by atoms with Gasteiger partial charge in [-0.3, -0.25) is 4.18 Å². The molecule has 0 N–H and O–H groups in total. The number of hydrogen-bond acceptors (Lipinski definition) is 6. The predicted octanol–water partition coefficient (Wildman–Crippen LogP) is 3.63. The van der Waals surface area contributed by atoms with Crippen LogP contribution in [0.2, 0.25) is 0 Å². The van der Waals surface area contributed by atoms with Gasteiger partial charge in [0.05, 0.1) is 18.4 Å². The molecule has 0 aliphatic heterocycles. The van der Waals surface area contributed by atoms with Crippen LogP contribution in [0.25, 0.3) is 11.3 Å². The Labute approximate surface area is 142 Å². The average molecular weight is 379 g/mol. The van der Waals surface area contributed by atoms with E-state index in [0.717, 1.165) is 12.3 Å². The molecule has 1 aromatic heterocycles. The second kappa shape index (κ2) is 7.44. The Morgan fingerprint density at radius 3 is 2.56 bits per heavy atom. The molecule has 25 heavy (non-hydrogen) atoms. The fourth-order valence-corrected chi connectivity index (χ4v) is 2.29. The van der Waals surface area contributed by atoms with Crippen LogP contribution in [0.5, 0.6) is 5.75 Å². The molecule has 0 fully saturated rings. The molecule has 0 atom stereocenters. The van der Waals surface area contributed by atoms with Crippen molar-refractivity contribution in [1.82, 2.24) is 5.16 Å². The Balaban J connectivity index is 2.33. The Bertz CT molecular complexity index is 830. The summed E-state index contributed by atoms with van der Waals surface area (Å²) in [4.78, 5) is 0. The molecule has 0 unspecified atom stereocenters. The van der Waals surface area contributed by atoms with Gasteiger partial charge in [0, 0.05) is 11.6 Å². The highest BCUT2D eigenvalue weighted by atomic mass is 32.2. The van der Waals surface area contributed by atoms with E-state index in [1.54, 1.807) is 0 Å². The summed E-state index contributed by atoms with van der Waals surface area (Å²) in [5.41, 5.74) is -1.11. The third kappa shape index (κ3) is 5.46. The van der Waals surface area contributed by atoms with Crippen molar-refractivity contribution >= 4 is 10.1 Å². The first kappa shape index (κ1) is 19.3. The second-order valence-corrected chi connectivity index (χ2v) is 6.85. The molecule has 10 heteroatoms. The normalized spacial score (nSPS) is 12.4. The maximum absolute atomic E-state index is 13.3. The summed E-state index contributed by atoms with van der Waals surface area (Å²) in [7, 11) is -3.70. The summed E-state index contributed by atoms with van der Waals surface area (Å²) >= 11 is 0. The zero-order valence-electron chi connectivity index (χ0n) is 13.5. The van der Waals surface area contributed by atoms with E-state index in [-0.39, 0.29) is 22.8 Å². The number of ether oxygens (including phenoxy) is 1. The lowest BCUT2D eigenvalue weighted by molar-refractivity contribution is -0.137. The first-order valence-electron chi connectivity index (χ1n) is 7.24. The summed E-state index contributed by atoms with van der Waals surface area (Å²) in [6.45, 7) is 1.71. The van der Waals surface area contributed by atoms with E-state index < -0.39 is 28.5 Å². The highest BCUT2D eigenvalue weighted by Gasteiger charge is 2.35. The second-order valence-electron chi connectivity index (χ2n) is 5.20. The van der Waals surface area contributed by atoms with E-state index in [1.807, 2.05) is 6.92 Å². The molecule has 0 aliphatic rings. The highest BCUT2D eigenvalue weighted by molar-refractivity contribution is 7.85. The molecule has 0 saturated carbocycles. The van der Waals surface area contributed by atoms with Gasteiger partial charge in [-0.05, 0) is 24.6 Å². The van der Waals surface area contributed by atoms with Crippen molar-refractivity contribution in [3.8, 4) is 17.1 Å². The van der Waals surface area contributed by atoms with Gasteiger partial charge in [0.25, 0.3) is 10.1 Å². The van der Waals surface area contributed by atoms with Gasteiger partial charge < -0.3 is 9.26 Å². The van der Waals surface area contributed by atoms with Gasteiger partial charge in [-0.2, -0.15) is 21.6 Å². The zero-order chi connectivity index (χ0) is 18.7. The number of benzene rings is 1. The lowest BCUT2D eigenvalue weighted by atomic mass is 10.0. The van der Waals surface area contributed by atoms with Crippen LogP contribution in [0.1, 0.15) is 24.6 Å². The molecule has 0 saturated heterocycles. The van der Waals surface area contributed by atoms with Crippen molar-refractivity contribution in [1.29, 1.82) is 0 Å². The van der Waals surface area contributed by atoms with Gasteiger partial charge in [0.2, 0.25) is 0 Å². The van der Waals surface area contributed by atoms with E-state index in [1.165, 1.54) is 18.2 Å². The zero-order valence-corrected chi connectivity index (χ0v) is 14.3. The molecule has 1 aromatic carbocycles. The van der Waals surface area contributed by atoms with Gasteiger partial charge in [-0.15, -0.1) is 0 Å². The number of hydrogen-bond donors (Lipinski definition) is 0. The standard InChI is InChI=1S/C15H16F3NO5S/c1-3-6-22-11-4-5-12(13(8-11)15(16,17)18)14-7-10(19-24-14)9-23-25(2,20)21/h4-5,7-8H,3,6,9H2,1-2H3. The number of rotatable bonds is 7. The number of aromatic nitrogens is 1. The van der Waals surface area contributed by atoms with Gasteiger partial charge in [-0.25, -0.2) is 0 Å². The van der Waals surface area contributed by atoms with Crippen LogP contribution in [0.4, 0.5) is 13.2 Å². The molecule has 0 aliphatic carbocycles. The average Bonchev–Trinajstić information content (AvgIpc) is 2.98. The Hall–Kier alpha value is -2.07. The lowest BCUT2D eigenvalue weighted by Gasteiger charge is -2.13. The Morgan fingerprint density at radius 2 is 1.96 bits per heavy atom. The molecular weight excluding hydrogens is 363 g/mol. The number of halogens is 3. The predicted molar refractivity (Wildman–Crippen MR) is 82.4 cm³/mol. The largest absolute Gasteiger partial charge is 0.494 e. The van der Waals surface area contributed by atoms with Crippen LogP contribution in [0, 0.1) is 0 Å². The van der Waals surface area contributed by atoms with E-state index >= 15 is 0 Å². The van der Waals surface area contributed by atoms with Crippen molar-refractivity contribution in [2.24, 2.45) is 0 Å². The maximum atomic E-state index is 13.3. The maximum Gasteiger partial charge on any atom is 0.417 e. The van der Waals surface area contributed by atoms with Crippen LogP contribution in [-0.4, -0.2) is 26.4 Å². The SMILES string of the molecule is CCCOc1ccc(-c2cc(COS(C)(=O)=O)no2)c(C(F)(F)F)c1. The number of nitrogens with zero attached hydrogens (tertiary/aromatic N) is 1. The van der Waals surface area contributed by atoms with E-state index in [2.05, 4.69) is 9.34 Å². The summed E-state index contributed by atoms with van der Waals surface area (Å²) < 4.78 is 76.5. The summed E-state index contributed by atoms with van der Waals surface area (Å²) in [6.07, 6.45) is -3.11. The first-order valence-corrected chi connectivity index (χ1v) is 9.06. The van der Waals surface area contributed by atoms with Crippen molar-refractivity contribution < 1.29 is 35.0 Å². The summed E-state index contributed by atoms with van der Waals surface area (Å²) in [6, 6.07) is 4.70. The molecule has 0 amide bonds. The molecule has 138 valence electrons. The van der Waals surface area contributed by atoms with Gasteiger partial charge in [-0.1, -0.05) is 12.1 Å². The topological polar surface area (TPSA) is 78.6 Å². The minimum absolute atomic E-state index is 0.0554. The molecule has 2 aromatic rings. The minimum atomic E-state index is -4.63. The van der Waals surface area contributed by atoms with Crippen molar-refractivity contribution in [2.75, 3.05) is 12.9 Å². The molecule has 0 radical (unpaired) electrons. The molecular formula is C15H16F3NO5S. The molecule has 1 heterocycles. The third-order valence-electron chi connectivity index (χ3n) is 3.01. The summed E-state index contributed by atoms with van der Waals surface area (Å²) in [5, 5.41) is 3.53. The quantitative estimate of drug-likeness (QED) is 0.684. The van der Waals surface area contributed by atoms with Gasteiger partial charge in [0.1, 0.15) is 18.1 Å². The minimum Gasteiger partial charge on any atom is -0.494 e. The Kier molecular flexibility index (Phi) is 5.73. The van der Waals surface area contributed by atoms with E-state index in [0.29, 0.717) is 13.0 Å². The third-order valence-corrected chi connectivity index (χ3v) is 3.56. The van der Waals surface area contributed by atoms with Crippen LogP contribution in [-0.2, 0) is 27.1 Å². The van der Waals surface area contributed by atoms with Crippen LogP contribution in [0.15, 0.2) is 28.8 Å². The van der Waals surface area contributed by atoms with E-state index in [4.69, 9.17) is 9.26 Å². The molecule has 0 bridgehead atoms. The Morgan fingerprint density at radius 1 is 1.24 bits per heavy atom. The van der Waals surface area contributed by atoms with Crippen molar-refractivity contribution in [2.45, 2.75) is 26.1 Å². The highest BCUT2D eigenvalue weighted by Crippen LogP contribution is 2.39. The smallest absolute Gasteiger partial charge is 0.417 e. The fourth-order valence-electron chi connectivity index (χ4n) is 1.96. The monoisotopic (exact) mass is 379 g/mol. The van der Waals surface area contributed by atoms with Crippen LogP contribution >= 0.6 is 0 Å². The molecule has 2 rings (SSSR count). The van der Waals surface area contributed by atoms with E-state index in [9.17, 15) is 21.6 Å². The molecule has 6 nitrogen and oxygen atoms in total. The number of alkyl halides is 3. The van der Waals surface area contributed by atoms with Crippen LogP contribution in [0.3, 0.4) is 0 Å². The first-order chi connectivity index (χ1) is 11.6. The fraction of sp³-hybridized carbons (Fsp3) is 0.400. The van der Waals surface area contributed by atoms with Gasteiger partial charge in [0.15, 0.2) is 5.76 Å². The summed E-state index contributed by atoms with van der Waals surface area (Å²) in [5.74, 6) is -0.0560. The van der Waals surface area contributed by atoms with Gasteiger partial charge >= 0.3 is 6.18 Å². The van der Waals surface area contributed by atoms with Crippen molar-refractivity contribution in [3.05, 3.63) is 35.5 Å².